The second kappa shape index (κ2) is 8.92. The summed E-state index contributed by atoms with van der Waals surface area (Å²) in [5.74, 6) is -2.72. The standard InChI is InChI=1S/C23H26N2O4S/c1-4-6-8-23(22(28)29)12-16(11-18(14(23)3)21(26)27)19-13-30-20(25-19)15-7-9-24-17(5-2)10-15/h7,9-14H,4-6,8H2,1-3H3,(H,26,27)(H,28,29). The summed E-state index contributed by atoms with van der Waals surface area (Å²) in [6.07, 6.45) is 7.77. The third-order valence-corrected chi connectivity index (χ3v) is 6.67. The van der Waals surface area contributed by atoms with Crippen LogP contribution in [0.15, 0.2) is 41.4 Å². The molecule has 0 saturated carbocycles. The van der Waals surface area contributed by atoms with Crippen LogP contribution >= 0.6 is 11.3 Å². The number of hydrogen-bond acceptors (Lipinski definition) is 5. The molecule has 0 fully saturated rings. The van der Waals surface area contributed by atoms with Gasteiger partial charge in [-0.05, 0) is 36.6 Å². The highest BCUT2D eigenvalue weighted by Crippen LogP contribution is 2.46. The van der Waals surface area contributed by atoms with Crippen LogP contribution in [0, 0.1) is 11.3 Å². The first kappa shape index (κ1) is 21.9. The molecule has 2 heterocycles. The third kappa shape index (κ3) is 4.07. The molecule has 1 aliphatic rings. The number of allylic oxidation sites excluding steroid dienone is 2. The molecule has 2 atom stereocenters. The van der Waals surface area contributed by atoms with Crippen molar-refractivity contribution in [1.82, 2.24) is 9.97 Å². The van der Waals surface area contributed by atoms with Crippen LogP contribution in [-0.2, 0) is 16.0 Å². The Labute approximate surface area is 180 Å². The summed E-state index contributed by atoms with van der Waals surface area (Å²) < 4.78 is 0. The topological polar surface area (TPSA) is 100 Å². The Kier molecular flexibility index (Phi) is 6.51. The highest BCUT2D eigenvalue weighted by Gasteiger charge is 2.46. The Hall–Kier alpha value is -2.80. The van der Waals surface area contributed by atoms with Crippen LogP contribution < -0.4 is 0 Å². The number of thiazole rings is 1. The van der Waals surface area contributed by atoms with Crippen molar-refractivity contribution in [2.45, 2.75) is 46.5 Å². The fourth-order valence-electron chi connectivity index (χ4n) is 3.86. The second-order valence-corrected chi connectivity index (χ2v) is 8.46. The molecule has 0 aromatic carbocycles. The number of carbonyl (C=O) groups is 2. The Balaban J connectivity index is 2.08. The van der Waals surface area contributed by atoms with Gasteiger partial charge in [-0.3, -0.25) is 9.78 Å². The lowest BCUT2D eigenvalue weighted by atomic mass is 9.65. The molecule has 1 aliphatic carbocycles. The maximum absolute atomic E-state index is 12.3. The SMILES string of the molecule is CCCCC1(C(=O)O)C=C(c2csc(-c3ccnc(CC)c3)n2)C=C(C(=O)O)C1C. The van der Waals surface area contributed by atoms with Gasteiger partial charge in [-0.2, -0.15) is 0 Å². The Bertz CT molecular complexity index is 1020. The quantitative estimate of drug-likeness (QED) is 0.611. The van der Waals surface area contributed by atoms with Crippen LogP contribution in [0.2, 0.25) is 0 Å². The van der Waals surface area contributed by atoms with Crippen molar-refractivity contribution in [1.29, 1.82) is 0 Å². The van der Waals surface area contributed by atoms with E-state index in [1.54, 1.807) is 25.3 Å². The molecule has 0 aliphatic heterocycles. The van der Waals surface area contributed by atoms with Gasteiger partial charge in [0.1, 0.15) is 5.01 Å². The van der Waals surface area contributed by atoms with Gasteiger partial charge < -0.3 is 10.2 Å². The van der Waals surface area contributed by atoms with Crippen molar-refractivity contribution in [2.24, 2.45) is 11.3 Å². The molecule has 30 heavy (non-hydrogen) atoms. The molecule has 0 spiro atoms. The third-order valence-electron chi connectivity index (χ3n) is 5.78. The van der Waals surface area contributed by atoms with Gasteiger partial charge in [-0.25, -0.2) is 9.78 Å². The van der Waals surface area contributed by atoms with Crippen molar-refractivity contribution in [3.63, 3.8) is 0 Å². The number of nitrogens with zero attached hydrogens (tertiary/aromatic N) is 2. The number of rotatable bonds is 8. The number of aromatic nitrogens is 2. The maximum Gasteiger partial charge on any atom is 0.331 e. The van der Waals surface area contributed by atoms with Gasteiger partial charge in [0, 0.05) is 34.3 Å². The van der Waals surface area contributed by atoms with E-state index in [4.69, 9.17) is 4.98 Å². The van der Waals surface area contributed by atoms with Crippen molar-refractivity contribution in [2.75, 3.05) is 0 Å². The van der Waals surface area contributed by atoms with Crippen LogP contribution in [0.1, 0.15) is 51.4 Å². The van der Waals surface area contributed by atoms with Crippen molar-refractivity contribution in [3.05, 3.63) is 52.8 Å². The summed E-state index contributed by atoms with van der Waals surface area (Å²) >= 11 is 1.45. The normalized spacial score (nSPS) is 21.1. The molecule has 0 saturated heterocycles. The highest BCUT2D eigenvalue weighted by atomic mass is 32.1. The van der Waals surface area contributed by atoms with Gasteiger partial charge in [-0.1, -0.05) is 39.7 Å². The van der Waals surface area contributed by atoms with Crippen molar-refractivity contribution in [3.8, 4) is 10.6 Å². The summed E-state index contributed by atoms with van der Waals surface area (Å²) in [6, 6.07) is 3.88. The largest absolute Gasteiger partial charge is 0.481 e. The van der Waals surface area contributed by atoms with E-state index in [0.29, 0.717) is 24.1 Å². The minimum absolute atomic E-state index is 0.109. The predicted octanol–water partition coefficient (Wildman–Crippen LogP) is 5.07. The molecule has 2 aromatic rings. The summed E-state index contributed by atoms with van der Waals surface area (Å²) in [5.41, 5.74) is 1.91. The molecule has 2 N–H and O–H groups in total. The van der Waals surface area contributed by atoms with E-state index in [0.717, 1.165) is 29.1 Å². The lowest BCUT2D eigenvalue weighted by Crippen LogP contribution is -2.40. The summed E-state index contributed by atoms with van der Waals surface area (Å²) in [5, 5.41) is 22.5. The molecule has 6 nitrogen and oxygen atoms in total. The van der Waals surface area contributed by atoms with Crippen molar-refractivity contribution >= 4 is 28.8 Å². The molecule has 7 heteroatoms. The molecule has 0 amide bonds. The number of aliphatic carboxylic acids is 2. The van der Waals surface area contributed by atoms with Crippen LogP contribution in [0.3, 0.4) is 0 Å². The number of hydrogen-bond donors (Lipinski definition) is 2. The van der Waals surface area contributed by atoms with Crippen LogP contribution in [0.5, 0.6) is 0 Å². The summed E-state index contributed by atoms with van der Waals surface area (Å²) in [7, 11) is 0. The summed E-state index contributed by atoms with van der Waals surface area (Å²) in [6.45, 7) is 5.72. The van der Waals surface area contributed by atoms with Crippen LogP contribution in [0.25, 0.3) is 16.1 Å². The van der Waals surface area contributed by atoms with E-state index in [1.165, 1.54) is 11.3 Å². The Morgan fingerprint density at radius 2 is 2.03 bits per heavy atom. The number of aryl methyl sites for hydroxylation is 1. The average Bonchev–Trinajstić information content (AvgIpc) is 3.23. The molecule has 0 bridgehead atoms. The van der Waals surface area contributed by atoms with Crippen LogP contribution in [-0.4, -0.2) is 32.1 Å². The molecule has 2 unspecified atom stereocenters. The fraction of sp³-hybridized carbons (Fsp3) is 0.391. The van der Waals surface area contributed by atoms with Gasteiger partial charge in [0.05, 0.1) is 11.1 Å². The first-order chi connectivity index (χ1) is 14.3. The van der Waals surface area contributed by atoms with Gasteiger partial charge in [0.2, 0.25) is 0 Å². The zero-order valence-corrected chi connectivity index (χ0v) is 18.2. The van der Waals surface area contributed by atoms with E-state index in [2.05, 4.69) is 4.98 Å². The average molecular weight is 427 g/mol. The Morgan fingerprint density at radius 1 is 1.27 bits per heavy atom. The second-order valence-electron chi connectivity index (χ2n) is 7.60. The lowest BCUT2D eigenvalue weighted by molar-refractivity contribution is -0.149. The zero-order chi connectivity index (χ0) is 21.9. The number of unbranched alkanes of at least 4 members (excludes halogenated alkanes) is 1. The molecule has 158 valence electrons. The first-order valence-electron chi connectivity index (χ1n) is 10.1. The molecular formula is C23H26N2O4S. The molecular weight excluding hydrogens is 400 g/mol. The lowest BCUT2D eigenvalue weighted by Gasteiger charge is -2.36. The van der Waals surface area contributed by atoms with Gasteiger partial charge in [0.25, 0.3) is 0 Å². The van der Waals surface area contributed by atoms with E-state index in [1.807, 2.05) is 31.4 Å². The van der Waals surface area contributed by atoms with E-state index >= 15 is 0 Å². The van der Waals surface area contributed by atoms with E-state index in [-0.39, 0.29) is 5.57 Å². The van der Waals surface area contributed by atoms with E-state index < -0.39 is 23.3 Å². The molecule has 3 rings (SSSR count). The van der Waals surface area contributed by atoms with Gasteiger partial charge >= 0.3 is 11.9 Å². The fourth-order valence-corrected chi connectivity index (χ4v) is 4.69. The zero-order valence-electron chi connectivity index (χ0n) is 17.4. The first-order valence-corrected chi connectivity index (χ1v) is 11.0. The number of carboxylic acid groups (broad SMARTS) is 2. The predicted molar refractivity (Wildman–Crippen MR) is 117 cm³/mol. The van der Waals surface area contributed by atoms with Crippen LogP contribution in [0.4, 0.5) is 0 Å². The minimum Gasteiger partial charge on any atom is -0.481 e. The number of carboxylic acids is 2. The highest BCUT2D eigenvalue weighted by molar-refractivity contribution is 7.13. The molecule has 2 aromatic heterocycles. The number of pyridine rings is 1. The minimum atomic E-state index is -1.26. The smallest absolute Gasteiger partial charge is 0.331 e. The molecule has 0 radical (unpaired) electrons. The Morgan fingerprint density at radius 3 is 2.67 bits per heavy atom. The summed E-state index contributed by atoms with van der Waals surface area (Å²) in [4.78, 5) is 33.3. The van der Waals surface area contributed by atoms with Gasteiger partial charge in [-0.15, -0.1) is 11.3 Å². The maximum atomic E-state index is 12.3. The van der Waals surface area contributed by atoms with Gasteiger partial charge in [0.15, 0.2) is 0 Å². The van der Waals surface area contributed by atoms with E-state index in [9.17, 15) is 19.8 Å². The monoisotopic (exact) mass is 426 g/mol. The van der Waals surface area contributed by atoms with Crippen molar-refractivity contribution < 1.29 is 19.8 Å².